The van der Waals surface area contributed by atoms with Crippen molar-refractivity contribution in [1.82, 2.24) is 10.6 Å². The first-order chi connectivity index (χ1) is 13.6. The maximum Gasteiger partial charge on any atom is 0.203 e. The average Bonchev–Trinajstić information content (AvgIpc) is 2.74. The summed E-state index contributed by atoms with van der Waals surface area (Å²) in [5.74, 6) is 2.62. The number of aryl methyl sites for hydroxylation is 1. The summed E-state index contributed by atoms with van der Waals surface area (Å²) < 4.78 is 16.2. The Kier molecular flexibility index (Phi) is 11.3. The lowest BCUT2D eigenvalue weighted by atomic mass is 10.1. The van der Waals surface area contributed by atoms with Crippen LogP contribution in [0, 0.1) is 0 Å². The molecule has 7 heteroatoms. The quantitative estimate of drug-likeness (QED) is 0.302. The highest BCUT2D eigenvalue weighted by Crippen LogP contribution is 2.38. The Bertz CT molecular complexity index is 744. The van der Waals surface area contributed by atoms with E-state index in [1.807, 2.05) is 18.2 Å². The molecule has 0 fully saturated rings. The van der Waals surface area contributed by atoms with Gasteiger partial charge in [0.25, 0.3) is 0 Å². The smallest absolute Gasteiger partial charge is 0.203 e. The molecule has 2 N–H and O–H groups in total. The van der Waals surface area contributed by atoms with Gasteiger partial charge in [-0.05, 0) is 43.0 Å². The van der Waals surface area contributed by atoms with Crippen molar-refractivity contribution < 1.29 is 14.2 Å². The van der Waals surface area contributed by atoms with Crippen LogP contribution in [0.1, 0.15) is 24.5 Å². The van der Waals surface area contributed by atoms with E-state index >= 15 is 0 Å². The average molecular weight is 513 g/mol. The molecule has 0 spiro atoms. The second-order valence-electron chi connectivity index (χ2n) is 6.53. The number of ether oxygens (including phenoxy) is 3. The van der Waals surface area contributed by atoms with Gasteiger partial charge in [-0.3, -0.25) is 4.99 Å². The summed E-state index contributed by atoms with van der Waals surface area (Å²) in [6.45, 7) is 2.75. The molecule has 2 rings (SSSR count). The predicted octanol–water partition coefficient (Wildman–Crippen LogP) is 4.02. The summed E-state index contributed by atoms with van der Waals surface area (Å²) in [4.78, 5) is 4.32. The third-order valence-corrected chi connectivity index (χ3v) is 4.50. The molecule has 6 nitrogen and oxygen atoms in total. The van der Waals surface area contributed by atoms with E-state index in [1.54, 1.807) is 28.4 Å². The molecule has 2 aromatic carbocycles. The van der Waals surface area contributed by atoms with Crippen molar-refractivity contribution >= 4 is 29.9 Å². The number of nitrogens with zero attached hydrogens (tertiary/aromatic N) is 1. The lowest BCUT2D eigenvalue weighted by Crippen LogP contribution is -2.42. The zero-order valence-electron chi connectivity index (χ0n) is 17.8. The fourth-order valence-electron chi connectivity index (χ4n) is 2.95. The predicted molar refractivity (Wildman–Crippen MR) is 129 cm³/mol. The molecule has 0 radical (unpaired) electrons. The summed E-state index contributed by atoms with van der Waals surface area (Å²) in [5.41, 5.74) is 2.35. The van der Waals surface area contributed by atoms with Crippen LogP contribution >= 0.6 is 24.0 Å². The van der Waals surface area contributed by atoms with Crippen LogP contribution in [0.3, 0.4) is 0 Å². The molecular weight excluding hydrogens is 481 g/mol. The molecule has 0 aliphatic carbocycles. The Balaban J connectivity index is 0.00000420. The van der Waals surface area contributed by atoms with E-state index in [4.69, 9.17) is 14.2 Å². The van der Waals surface area contributed by atoms with Crippen LogP contribution < -0.4 is 24.8 Å². The molecule has 0 aromatic heterocycles. The van der Waals surface area contributed by atoms with Gasteiger partial charge in [0.1, 0.15) is 0 Å². The van der Waals surface area contributed by atoms with Gasteiger partial charge < -0.3 is 24.8 Å². The van der Waals surface area contributed by atoms with Crippen molar-refractivity contribution in [2.75, 3.05) is 28.4 Å². The maximum absolute atomic E-state index is 5.41. The van der Waals surface area contributed by atoms with Gasteiger partial charge in [-0.25, -0.2) is 0 Å². The Morgan fingerprint density at radius 1 is 0.966 bits per heavy atom. The van der Waals surface area contributed by atoms with E-state index in [9.17, 15) is 0 Å². The van der Waals surface area contributed by atoms with Gasteiger partial charge in [-0.2, -0.15) is 0 Å². The maximum atomic E-state index is 5.41. The summed E-state index contributed by atoms with van der Waals surface area (Å²) in [7, 11) is 6.60. The first-order valence-electron chi connectivity index (χ1n) is 9.41. The number of nitrogens with one attached hydrogen (secondary N) is 2. The summed E-state index contributed by atoms with van der Waals surface area (Å²) in [6, 6.07) is 14.7. The van der Waals surface area contributed by atoms with E-state index in [-0.39, 0.29) is 24.0 Å². The van der Waals surface area contributed by atoms with Crippen LogP contribution in [0.15, 0.2) is 47.5 Å². The molecular formula is C22H32IN3O3. The number of benzene rings is 2. The Morgan fingerprint density at radius 3 is 2.10 bits per heavy atom. The van der Waals surface area contributed by atoms with Crippen molar-refractivity contribution in [3.8, 4) is 17.2 Å². The van der Waals surface area contributed by atoms with E-state index in [0.717, 1.165) is 24.4 Å². The number of methoxy groups -OCH3 is 3. The molecule has 29 heavy (non-hydrogen) atoms. The summed E-state index contributed by atoms with van der Waals surface area (Å²) >= 11 is 0. The number of aliphatic imine (C=N–C) groups is 1. The van der Waals surface area contributed by atoms with Crippen molar-refractivity contribution in [3.05, 3.63) is 53.6 Å². The molecule has 0 saturated carbocycles. The monoisotopic (exact) mass is 513 g/mol. The number of rotatable bonds is 9. The van der Waals surface area contributed by atoms with Gasteiger partial charge >= 0.3 is 0 Å². The second-order valence-corrected chi connectivity index (χ2v) is 6.53. The molecule has 0 amide bonds. The third-order valence-electron chi connectivity index (χ3n) is 4.50. The van der Waals surface area contributed by atoms with Gasteiger partial charge in [0.2, 0.25) is 5.75 Å². The number of hydrogen-bond donors (Lipinski definition) is 2. The molecule has 2 aromatic rings. The van der Waals surface area contributed by atoms with E-state index < -0.39 is 0 Å². The normalized spacial score (nSPS) is 11.8. The molecule has 0 saturated heterocycles. The molecule has 0 aliphatic heterocycles. The minimum Gasteiger partial charge on any atom is -0.493 e. The van der Waals surface area contributed by atoms with Crippen LogP contribution in [0.4, 0.5) is 0 Å². The fraction of sp³-hybridized carbons (Fsp3) is 0.409. The van der Waals surface area contributed by atoms with Gasteiger partial charge in [0.15, 0.2) is 17.5 Å². The highest BCUT2D eigenvalue weighted by molar-refractivity contribution is 14.0. The second kappa shape index (κ2) is 13.1. The minimum absolute atomic E-state index is 0. The first-order valence-corrected chi connectivity index (χ1v) is 9.41. The van der Waals surface area contributed by atoms with Crippen molar-refractivity contribution in [3.63, 3.8) is 0 Å². The zero-order chi connectivity index (χ0) is 20.4. The summed E-state index contributed by atoms with van der Waals surface area (Å²) in [6.07, 6.45) is 2.05. The highest BCUT2D eigenvalue weighted by atomic mass is 127. The Hall–Kier alpha value is -2.16. The zero-order valence-corrected chi connectivity index (χ0v) is 20.2. The minimum atomic E-state index is 0. The SMILES string of the molecule is CN=C(NCc1cc(OC)c(OC)c(OC)c1)NC(C)CCc1ccccc1.I. The number of hydrogen-bond acceptors (Lipinski definition) is 4. The van der Waals surface area contributed by atoms with Crippen LogP contribution in [0.2, 0.25) is 0 Å². The van der Waals surface area contributed by atoms with Crippen LogP contribution in [0.25, 0.3) is 0 Å². The molecule has 0 heterocycles. The van der Waals surface area contributed by atoms with Crippen molar-refractivity contribution in [2.24, 2.45) is 4.99 Å². The van der Waals surface area contributed by atoms with Crippen LogP contribution in [-0.4, -0.2) is 40.4 Å². The molecule has 0 bridgehead atoms. The number of guanidine groups is 1. The molecule has 160 valence electrons. The lowest BCUT2D eigenvalue weighted by Gasteiger charge is -2.19. The standard InChI is InChI=1S/C22H31N3O3.HI/c1-16(11-12-17-9-7-6-8-10-17)25-22(23-2)24-15-18-13-19(26-3)21(28-5)20(14-18)27-4;/h6-10,13-14,16H,11-12,15H2,1-5H3,(H2,23,24,25);1H. The lowest BCUT2D eigenvalue weighted by molar-refractivity contribution is 0.323. The Morgan fingerprint density at radius 2 is 1.59 bits per heavy atom. The third kappa shape index (κ3) is 7.64. The number of halogens is 1. The molecule has 1 atom stereocenters. The van der Waals surface area contributed by atoms with E-state index in [0.29, 0.717) is 29.8 Å². The van der Waals surface area contributed by atoms with Gasteiger partial charge in [0.05, 0.1) is 21.3 Å². The van der Waals surface area contributed by atoms with Gasteiger partial charge in [-0.15, -0.1) is 24.0 Å². The molecule has 0 aliphatic rings. The Labute approximate surface area is 191 Å². The van der Waals surface area contributed by atoms with Crippen LogP contribution in [-0.2, 0) is 13.0 Å². The topological polar surface area (TPSA) is 64.1 Å². The van der Waals surface area contributed by atoms with Crippen molar-refractivity contribution in [1.29, 1.82) is 0 Å². The van der Waals surface area contributed by atoms with E-state index in [1.165, 1.54) is 5.56 Å². The van der Waals surface area contributed by atoms with Gasteiger partial charge in [0, 0.05) is 19.6 Å². The fourth-order valence-corrected chi connectivity index (χ4v) is 2.95. The van der Waals surface area contributed by atoms with Gasteiger partial charge in [-0.1, -0.05) is 30.3 Å². The van der Waals surface area contributed by atoms with Crippen LogP contribution in [0.5, 0.6) is 17.2 Å². The van der Waals surface area contributed by atoms with Crippen molar-refractivity contribution in [2.45, 2.75) is 32.4 Å². The largest absolute Gasteiger partial charge is 0.493 e. The molecule has 1 unspecified atom stereocenters. The van der Waals surface area contributed by atoms with E-state index in [2.05, 4.69) is 46.8 Å². The summed E-state index contributed by atoms with van der Waals surface area (Å²) in [5, 5.41) is 6.78. The highest BCUT2D eigenvalue weighted by Gasteiger charge is 2.13. The first kappa shape index (κ1) is 24.9.